The van der Waals surface area contributed by atoms with Gasteiger partial charge in [0.25, 0.3) is 0 Å². The number of aliphatic hydroxyl groups is 4. The minimum Gasteiger partial charge on any atom is -0.507 e. The third-order valence-corrected chi connectivity index (χ3v) is 6.65. The quantitative estimate of drug-likeness (QED) is 0.223. The zero-order valence-electron chi connectivity index (χ0n) is 20.4. The Kier molecular flexibility index (Phi) is 6.99. The van der Waals surface area contributed by atoms with E-state index in [1.807, 2.05) is 0 Å². The Morgan fingerprint density at radius 1 is 1.03 bits per heavy atom. The predicted octanol–water partition coefficient (Wildman–Crippen LogP) is 0.0681. The first kappa shape index (κ1) is 27.2. The molecule has 38 heavy (non-hydrogen) atoms. The molecule has 1 aromatic heterocycles. The number of hydrogen-bond acceptors (Lipinski definition) is 13. The van der Waals surface area contributed by atoms with Gasteiger partial charge in [0.15, 0.2) is 28.3 Å². The Morgan fingerprint density at radius 3 is 2.16 bits per heavy atom. The first-order valence-electron chi connectivity index (χ1n) is 11.2. The maximum Gasteiger partial charge on any atom is 0.200 e. The molecule has 2 aromatic carbocycles. The lowest BCUT2D eigenvalue weighted by Crippen LogP contribution is -2.66. The number of carbonyl (C=O) groups excluding carboxylic acids is 1. The largest absolute Gasteiger partial charge is 0.507 e. The lowest BCUT2D eigenvalue weighted by atomic mass is 9.76. The van der Waals surface area contributed by atoms with Crippen molar-refractivity contribution >= 4 is 16.8 Å². The molecule has 4 rings (SSSR count). The van der Waals surface area contributed by atoms with Gasteiger partial charge in [0.1, 0.15) is 52.6 Å². The average molecular weight is 534 g/mol. The maximum absolute atomic E-state index is 13.1. The number of hydrogen-bond donors (Lipinski definition) is 7. The Morgan fingerprint density at radius 2 is 1.63 bits per heavy atom. The van der Waals surface area contributed by atoms with Crippen LogP contribution in [0.3, 0.4) is 0 Å². The van der Waals surface area contributed by atoms with E-state index in [1.165, 1.54) is 26.4 Å². The average Bonchev–Trinajstić information content (AvgIpc) is 2.87. The number of rotatable bonds is 6. The van der Waals surface area contributed by atoms with Crippen LogP contribution in [0.15, 0.2) is 33.5 Å². The number of aromatic hydroxyl groups is 3. The van der Waals surface area contributed by atoms with Gasteiger partial charge in [-0.15, -0.1) is 0 Å². The van der Waals surface area contributed by atoms with Crippen molar-refractivity contribution in [1.29, 1.82) is 0 Å². The number of phenols is 3. The minimum absolute atomic E-state index is 0.0142. The molecule has 0 amide bonds. The zero-order chi connectivity index (χ0) is 28.1. The summed E-state index contributed by atoms with van der Waals surface area (Å²) < 4.78 is 21.4. The Hall–Kier alpha value is -3.88. The van der Waals surface area contributed by atoms with Crippen LogP contribution in [0.25, 0.3) is 22.3 Å². The van der Waals surface area contributed by atoms with Crippen molar-refractivity contribution in [2.75, 3.05) is 20.8 Å². The normalized spacial score (nSPS) is 25.3. The second kappa shape index (κ2) is 9.78. The van der Waals surface area contributed by atoms with Crippen LogP contribution in [0.2, 0.25) is 0 Å². The minimum atomic E-state index is -2.87. The zero-order valence-corrected chi connectivity index (χ0v) is 20.4. The van der Waals surface area contributed by atoms with Crippen molar-refractivity contribution in [3.63, 3.8) is 0 Å². The monoisotopic (exact) mass is 534 g/mol. The van der Waals surface area contributed by atoms with Crippen molar-refractivity contribution in [3.8, 4) is 40.1 Å². The van der Waals surface area contributed by atoms with Gasteiger partial charge in [-0.05, 0) is 19.1 Å². The molecule has 0 saturated carbocycles. The molecule has 0 bridgehead atoms. The summed E-state index contributed by atoms with van der Waals surface area (Å²) in [5.74, 6) is -3.12. The molecule has 13 heteroatoms. The van der Waals surface area contributed by atoms with Crippen molar-refractivity contribution in [3.05, 3.63) is 40.1 Å². The van der Waals surface area contributed by atoms with Crippen LogP contribution in [0.1, 0.15) is 18.6 Å². The maximum atomic E-state index is 13.1. The van der Waals surface area contributed by atoms with E-state index in [1.54, 1.807) is 0 Å². The number of Topliss-reactive ketones (excluding diaryl/α,β-unsaturated/α-hetero) is 1. The van der Waals surface area contributed by atoms with Crippen LogP contribution in [0.4, 0.5) is 0 Å². The molecule has 7 N–H and O–H groups in total. The summed E-state index contributed by atoms with van der Waals surface area (Å²) in [5, 5.41) is 72.9. The lowest BCUT2D eigenvalue weighted by molar-refractivity contribution is -0.267. The molecule has 1 aliphatic rings. The molecule has 1 aliphatic heterocycles. The van der Waals surface area contributed by atoms with E-state index < -0.39 is 70.3 Å². The Balaban J connectivity index is 1.94. The molecule has 204 valence electrons. The number of aliphatic hydroxyl groups excluding tert-OH is 3. The summed E-state index contributed by atoms with van der Waals surface area (Å²) in [6.07, 6.45) is -7.57. The molecule has 2 heterocycles. The number of ketones is 1. The van der Waals surface area contributed by atoms with Gasteiger partial charge in [-0.1, -0.05) is 0 Å². The highest BCUT2D eigenvalue weighted by Gasteiger charge is 2.59. The van der Waals surface area contributed by atoms with Crippen molar-refractivity contribution < 1.29 is 59.2 Å². The highest BCUT2D eigenvalue weighted by molar-refractivity contribution is 5.91. The van der Waals surface area contributed by atoms with Gasteiger partial charge < -0.3 is 54.4 Å². The van der Waals surface area contributed by atoms with Crippen LogP contribution < -0.4 is 14.9 Å². The second-order valence-corrected chi connectivity index (χ2v) is 8.79. The van der Waals surface area contributed by atoms with Gasteiger partial charge in [-0.3, -0.25) is 9.59 Å². The van der Waals surface area contributed by atoms with Gasteiger partial charge in [-0.2, -0.15) is 0 Å². The number of phenolic OH excluding ortho intramolecular Hbond substituents is 3. The van der Waals surface area contributed by atoms with Gasteiger partial charge >= 0.3 is 0 Å². The third kappa shape index (κ3) is 4.01. The highest BCUT2D eigenvalue weighted by atomic mass is 16.6. The van der Waals surface area contributed by atoms with Crippen LogP contribution in [0, 0.1) is 0 Å². The van der Waals surface area contributed by atoms with Crippen LogP contribution >= 0.6 is 0 Å². The standard InChI is InChI=1S/C25H26O13/c1-9(27)25(34)23(33)21(31)17(8-26)38-24(25)19-12(29)7-14-18(22(19)32)11(28)6-13(37-14)10-4-15(35-2)20(30)16(5-10)36-3/h4-7,17,21,23-24,26,29-34H,8H2,1-3H3/t17-,21-,23+,24?,25-/m1/s1. The smallest absolute Gasteiger partial charge is 0.200 e. The number of ether oxygens (including phenoxy) is 3. The summed E-state index contributed by atoms with van der Waals surface area (Å²) in [5.41, 5.74) is -4.39. The third-order valence-electron chi connectivity index (χ3n) is 6.65. The van der Waals surface area contributed by atoms with Crippen LogP contribution in [-0.2, 0) is 9.53 Å². The van der Waals surface area contributed by atoms with Gasteiger partial charge in [0.2, 0.25) is 5.75 Å². The van der Waals surface area contributed by atoms with E-state index in [4.69, 9.17) is 18.6 Å². The molecular weight excluding hydrogens is 508 g/mol. The van der Waals surface area contributed by atoms with E-state index in [2.05, 4.69) is 0 Å². The highest BCUT2D eigenvalue weighted by Crippen LogP contribution is 2.49. The molecule has 0 spiro atoms. The van der Waals surface area contributed by atoms with Crippen LogP contribution in [0.5, 0.6) is 28.7 Å². The van der Waals surface area contributed by atoms with E-state index in [9.17, 15) is 45.3 Å². The van der Waals surface area contributed by atoms with Gasteiger partial charge in [0, 0.05) is 17.7 Å². The van der Waals surface area contributed by atoms with E-state index >= 15 is 0 Å². The van der Waals surface area contributed by atoms with Crippen molar-refractivity contribution in [2.45, 2.75) is 36.9 Å². The van der Waals surface area contributed by atoms with Gasteiger partial charge in [-0.25, -0.2) is 0 Å². The van der Waals surface area contributed by atoms with Gasteiger partial charge in [0.05, 0.1) is 26.4 Å². The first-order chi connectivity index (χ1) is 17.9. The molecule has 0 aliphatic carbocycles. The van der Waals surface area contributed by atoms with Crippen LogP contribution in [-0.4, -0.2) is 86.3 Å². The molecular formula is C25H26O13. The molecule has 13 nitrogen and oxygen atoms in total. The fraction of sp³-hybridized carbons (Fsp3) is 0.360. The van der Waals surface area contributed by atoms with Crippen molar-refractivity contribution in [1.82, 2.24) is 0 Å². The predicted molar refractivity (Wildman–Crippen MR) is 128 cm³/mol. The Labute approximate surface area is 214 Å². The van der Waals surface area contributed by atoms with Crippen molar-refractivity contribution in [2.24, 2.45) is 0 Å². The number of benzene rings is 2. The summed E-state index contributed by atoms with van der Waals surface area (Å²) >= 11 is 0. The Bertz CT molecular complexity index is 1440. The SMILES string of the molecule is COc1cc(-c2cc(=O)c3c(O)c(C4O[C@H](CO)[C@@H](O)[C@H](O)[C@]4(O)C(C)=O)c(O)cc3o2)cc(OC)c1O. The second-order valence-electron chi connectivity index (χ2n) is 8.79. The molecule has 3 aromatic rings. The number of methoxy groups -OCH3 is 2. The summed E-state index contributed by atoms with van der Waals surface area (Å²) in [6, 6.07) is 4.66. The summed E-state index contributed by atoms with van der Waals surface area (Å²) in [4.78, 5) is 25.5. The summed E-state index contributed by atoms with van der Waals surface area (Å²) in [7, 11) is 2.61. The lowest BCUT2D eigenvalue weighted by Gasteiger charge is -2.47. The number of fused-ring (bicyclic) bond motifs is 1. The molecule has 1 saturated heterocycles. The van der Waals surface area contributed by atoms with E-state index in [0.717, 1.165) is 19.1 Å². The number of carbonyl (C=O) groups is 1. The molecule has 1 fully saturated rings. The molecule has 0 radical (unpaired) electrons. The summed E-state index contributed by atoms with van der Waals surface area (Å²) in [6.45, 7) is 0.0461. The topological polar surface area (TPSA) is 217 Å². The fourth-order valence-electron chi connectivity index (χ4n) is 4.55. The molecule has 5 atom stereocenters. The van der Waals surface area contributed by atoms with E-state index in [-0.39, 0.29) is 34.2 Å². The first-order valence-corrected chi connectivity index (χ1v) is 11.2. The van der Waals surface area contributed by atoms with E-state index in [0.29, 0.717) is 0 Å². The fourth-order valence-corrected chi connectivity index (χ4v) is 4.55. The molecule has 1 unspecified atom stereocenters.